The average Bonchev–Trinajstić information content (AvgIpc) is 2.96. The van der Waals surface area contributed by atoms with E-state index in [-0.39, 0.29) is 24.4 Å². The van der Waals surface area contributed by atoms with Crippen LogP contribution in [0.2, 0.25) is 0 Å². The van der Waals surface area contributed by atoms with E-state index in [0.29, 0.717) is 17.8 Å². The summed E-state index contributed by atoms with van der Waals surface area (Å²) in [6.45, 7) is 9.28. The van der Waals surface area contributed by atoms with Crippen molar-refractivity contribution in [2.24, 2.45) is 0 Å². The number of hydrogen-bond acceptors (Lipinski definition) is 3. The summed E-state index contributed by atoms with van der Waals surface area (Å²) in [4.78, 5) is 29.1. The number of anilines is 1. The number of aryl methyl sites for hydroxylation is 3. The van der Waals surface area contributed by atoms with Crippen LogP contribution in [-0.4, -0.2) is 45.6 Å². The second-order valence-electron chi connectivity index (χ2n) is 7.02. The van der Waals surface area contributed by atoms with Gasteiger partial charge in [-0.05, 0) is 44.9 Å². The van der Waals surface area contributed by atoms with Crippen molar-refractivity contribution in [2.75, 3.05) is 18.0 Å². The fraction of sp³-hybridized carbons (Fsp3) is 0.450. The summed E-state index contributed by atoms with van der Waals surface area (Å²) in [6, 6.07) is 7.84. The molecule has 138 valence electrons. The first kappa shape index (κ1) is 18.2. The number of benzene rings is 1. The maximum atomic E-state index is 13.0. The van der Waals surface area contributed by atoms with Crippen LogP contribution in [-0.2, 0) is 11.3 Å². The summed E-state index contributed by atoms with van der Waals surface area (Å²) in [5, 5.41) is 4.41. The van der Waals surface area contributed by atoms with Gasteiger partial charge in [-0.3, -0.25) is 14.3 Å². The highest BCUT2D eigenvalue weighted by Gasteiger charge is 2.34. The Labute approximate surface area is 154 Å². The fourth-order valence-electron chi connectivity index (χ4n) is 3.39. The van der Waals surface area contributed by atoms with Crippen molar-refractivity contribution in [3.05, 3.63) is 47.3 Å². The number of carbonyl (C=O) groups is 2. The summed E-state index contributed by atoms with van der Waals surface area (Å²) >= 11 is 0. The van der Waals surface area contributed by atoms with Crippen LogP contribution in [0.4, 0.5) is 5.69 Å². The van der Waals surface area contributed by atoms with Gasteiger partial charge in [0.15, 0.2) is 0 Å². The summed E-state index contributed by atoms with van der Waals surface area (Å²) < 4.78 is 1.80. The summed E-state index contributed by atoms with van der Waals surface area (Å²) in [6.07, 6.45) is 2.75. The van der Waals surface area contributed by atoms with E-state index in [0.717, 1.165) is 24.2 Å². The van der Waals surface area contributed by atoms with E-state index in [9.17, 15) is 9.59 Å². The lowest BCUT2D eigenvalue weighted by Gasteiger charge is -2.39. The van der Waals surface area contributed by atoms with Crippen LogP contribution in [0.5, 0.6) is 0 Å². The Morgan fingerprint density at radius 1 is 1.31 bits per heavy atom. The Kier molecular flexibility index (Phi) is 5.11. The number of carbonyl (C=O) groups excluding carboxylic acids is 2. The van der Waals surface area contributed by atoms with Gasteiger partial charge in [0.2, 0.25) is 5.91 Å². The first-order chi connectivity index (χ1) is 12.4. The van der Waals surface area contributed by atoms with Gasteiger partial charge in [-0.25, -0.2) is 0 Å². The molecule has 1 aliphatic rings. The minimum absolute atomic E-state index is 0.0550. The van der Waals surface area contributed by atoms with Gasteiger partial charge in [0.25, 0.3) is 5.91 Å². The smallest absolute Gasteiger partial charge is 0.258 e. The van der Waals surface area contributed by atoms with Crippen LogP contribution in [0.15, 0.2) is 30.5 Å². The van der Waals surface area contributed by atoms with Gasteiger partial charge in [-0.15, -0.1) is 0 Å². The van der Waals surface area contributed by atoms with Crippen LogP contribution in [0.25, 0.3) is 0 Å². The molecular formula is C20H26N4O2. The largest absolute Gasteiger partial charge is 0.325 e. The molecule has 0 radical (unpaired) electrons. The van der Waals surface area contributed by atoms with E-state index in [2.05, 4.69) is 12.0 Å². The van der Waals surface area contributed by atoms with E-state index in [1.807, 2.05) is 45.0 Å². The topological polar surface area (TPSA) is 58.4 Å². The molecule has 1 aromatic carbocycles. The van der Waals surface area contributed by atoms with Gasteiger partial charge in [-0.2, -0.15) is 5.10 Å². The van der Waals surface area contributed by atoms with Crippen molar-refractivity contribution < 1.29 is 9.59 Å². The van der Waals surface area contributed by atoms with Gasteiger partial charge in [-0.1, -0.05) is 19.1 Å². The normalized spacial score (nSPS) is 17.7. The SMILES string of the molecule is CCCn1cc(C(=O)N2CC(=O)N(c3cccc(C)c3)CC2C)c(C)n1. The van der Waals surface area contributed by atoms with Crippen LogP contribution in [0, 0.1) is 13.8 Å². The molecule has 0 aliphatic carbocycles. The first-order valence-electron chi connectivity index (χ1n) is 9.12. The molecule has 1 fully saturated rings. The standard InChI is InChI=1S/C20H26N4O2/c1-5-9-22-12-18(16(4)21-22)20(26)23-13-19(25)24(11-15(23)3)17-8-6-7-14(2)10-17/h6-8,10,12,15H,5,9,11,13H2,1-4H3. The van der Waals surface area contributed by atoms with Gasteiger partial charge in [0.05, 0.1) is 11.3 Å². The lowest BCUT2D eigenvalue weighted by molar-refractivity contribution is -0.121. The molecule has 6 nitrogen and oxygen atoms in total. The number of rotatable bonds is 4. The van der Waals surface area contributed by atoms with E-state index in [4.69, 9.17) is 0 Å². The molecule has 1 unspecified atom stereocenters. The van der Waals surface area contributed by atoms with Gasteiger partial charge < -0.3 is 9.80 Å². The predicted molar refractivity (Wildman–Crippen MR) is 101 cm³/mol. The molecule has 2 aromatic rings. The Hall–Kier alpha value is -2.63. The third-order valence-electron chi connectivity index (χ3n) is 4.79. The maximum absolute atomic E-state index is 13.0. The van der Waals surface area contributed by atoms with Crippen molar-refractivity contribution in [3.63, 3.8) is 0 Å². The molecule has 0 bridgehead atoms. The van der Waals surface area contributed by atoms with Crippen molar-refractivity contribution in [3.8, 4) is 0 Å². The minimum atomic E-state index is -0.116. The molecule has 3 rings (SSSR count). The number of piperazine rings is 1. The predicted octanol–water partition coefficient (Wildman–Crippen LogP) is 2.79. The molecule has 0 N–H and O–H groups in total. The Morgan fingerprint density at radius 2 is 2.08 bits per heavy atom. The van der Waals surface area contributed by atoms with Crippen molar-refractivity contribution in [2.45, 2.75) is 46.7 Å². The van der Waals surface area contributed by atoms with Crippen molar-refractivity contribution >= 4 is 17.5 Å². The zero-order valence-electron chi connectivity index (χ0n) is 15.9. The zero-order valence-corrected chi connectivity index (χ0v) is 15.9. The van der Waals surface area contributed by atoms with Crippen molar-refractivity contribution in [1.82, 2.24) is 14.7 Å². The summed E-state index contributed by atoms with van der Waals surface area (Å²) in [5.74, 6) is -0.171. The average molecular weight is 354 g/mol. The van der Waals surface area contributed by atoms with Crippen LogP contribution >= 0.6 is 0 Å². The van der Waals surface area contributed by atoms with Gasteiger partial charge >= 0.3 is 0 Å². The third-order valence-corrected chi connectivity index (χ3v) is 4.79. The molecule has 2 amide bonds. The molecule has 1 aliphatic heterocycles. The third kappa shape index (κ3) is 3.49. The Bertz CT molecular complexity index is 827. The molecule has 1 aromatic heterocycles. The number of amides is 2. The number of hydrogen-bond donors (Lipinski definition) is 0. The number of aromatic nitrogens is 2. The van der Waals surface area contributed by atoms with Crippen LogP contribution in [0.1, 0.15) is 41.9 Å². The highest BCUT2D eigenvalue weighted by Crippen LogP contribution is 2.23. The molecule has 26 heavy (non-hydrogen) atoms. The highest BCUT2D eigenvalue weighted by atomic mass is 16.2. The summed E-state index contributed by atoms with van der Waals surface area (Å²) in [5.41, 5.74) is 3.30. The van der Waals surface area contributed by atoms with E-state index in [1.165, 1.54) is 0 Å². The highest BCUT2D eigenvalue weighted by molar-refractivity contribution is 6.02. The van der Waals surface area contributed by atoms with Gasteiger partial charge in [0.1, 0.15) is 6.54 Å². The molecule has 6 heteroatoms. The summed E-state index contributed by atoms with van der Waals surface area (Å²) in [7, 11) is 0. The van der Waals surface area contributed by atoms with E-state index < -0.39 is 0 Å². The van der Waals surface area contributed by atoms with Crippen LogP contribution in [0.3, 0.4) is 0 Å². The second-order valence-corrected chi connectivity index (χ2v) is 7.02. The van der Waals surface area contributed by atoms with Crippen LogP contribution < -0.4 is 4.90 Å². The molecular weight excluding hydrogens is 328 g/mol. The Balaban J connectivity index is 1.79. The quantitative estimate of drug-likeness (QED) is 0.848. The fourth-order valence-corrected chi connectivity index (χ4v) is 3.39. The molecule has 0 spiro atoms. The monoisotopic (exact) mass is 354 g/mol. The number of nitrogens with zero attached hydrogens (tertiary/aromatic N) is 4. The molecule has 0 saturated carbocycles. The minimum Gasteiger partial charge on any atom is -0.325 e. The van der Waals surface area contributed by atoms with Gasteiger partial charge in [0, 0.05) is 31.0 Å². The molecule has 1 atom stereocenters. The Morgan fingerprint density at radius 3 is 2.77 bits per heavy atom. The van der Waals surface area contributed by atoms with E-state index in [1.54, 1.807) is 20.7 Å². The zero-order chi connectivity index (χ0) is 18.8. The first-order valence-corrected chi connectivity index (χ1v) is 9.12. The van der Waals surface area contributed by atoms with Crippen molar-refractivity contribution in [1.29, 1.82) is 0 Å². The molecule has 1 saturated heterocycles. The second kappa shape index (κ2) is 7.32. The maximum Gasteiger partial charge on any atom is 0.258 e. The molecule has 2 heterocycles. The lowest BCUT2D eigenvalue weighted by atomic mass is 10.1. The van der Waals surface area contributed by atoms with E-state index >= 15 is 0 Å². The lowest BCUT2D eigenvalue weighted by Crippen LogP contribution is -2.57.